The van der Waals surface area contributed by atoms with Crippen molar-refractivity contribution in [3.63, 3.8) is 0 Å². The Labute approximate surface area is 136 Å². The van der Waals surface area contributed by atoms with Gasteiger partial charge >= 0.3 is 0 Å². The van der Waals surface area contributed by atoms with Crippen molar-refractivity contribution < 1.29 is 14.6 Å². The summed E-state index contributed by atoms with van der Waals surface area (Å²) in [5, 5.41) is 12.1. The van der Waals surface area contributed by atoms with Crippen LogP contribution in [0.1, 0.15) is 38.7 Å². The number of hydrogen-bond acceptors (Lipinski definition) is 4. The van der Waals surface area contributed by atoms with E-state index in [2.05, 4.69) is 27.3 Å². The zero-order valence-electron chi connectivity index (χ0n) is 13.1. The molecule has 0 aliphatic carbocycles. The summed E-state index contributed by atoms with van der Waals surface area (Å²) in [7, 11) is 1.65. The first-order chi connectivity index (χ1) is 10.1. The molecule has 2 N–H and O–H groups in total. The third kappa shape index (κ3) is 6.68. The summed E-state index contributed by atoms with van der Waals surface area (Å²) < 4.78 is 12.1. The lowest BCUT2D eigenvalue weighted by molar-refractivity contribution is 0.228. The monoisotopic (exact) mass is 359 g/mol. The molecule has 0 amide bonds. The third-order valence-electron chi connectivity index (χ3n) is 2.98. The number of benzene rings is 1. The van der Waals surface area contributed by atoms with Crippen LogP contribution in [0.4, 0.5) is 0 Å². The maximum absolute atomic E-state index is 8.73. The molecule has 0 spiro atoms. The van der Waals surface area contributed by atoms with Crippen molar-refractivity contribution in [3.8, 4) is 11.5 Å². The highest BCUT2D eigenvalue weighted by Crippen LogP contribution is 2.37. The van der Waals surface area contributed by atoms with Crippen LogP contribution >= 0.6 is 15.9 Å². The Morgan fingerprint density at radius 3 is 2.62 bits per heavy atom. The van der Waals surface area contributed by atoms with Gasteiger partial charge < -0.3 is 19.9 Å². The van der Waals surface area contributed by atoms with Crippen molar-refractivity contribution in [2.24, 2.45) is 0 Å². The van der Waals surface area contributed by atoms with Crippen LogP contribution in [-0.4, -0.2) is 31.5 Å². The summed E-state index contributed by atoms with van der Waals surface area (Å²) in [6, 6.07) is 4.06. The van der Waals surface area contributed by atoms with E-state index in [0.717, 1.165) is 53.9 Å². The van der Waals surface area contributed by atoms with Crippen molar-refractivity contribution in [2.45, 2.75) is 45.8 Å². The van der Waals surface area contributed by atoms with Gasteiger partial charge in [0.2, 0.25) is 0 Å². The number of aliphatic hydroxyl groups excluding tert-OH is 1. The van der Waals surface area contributed by atoms with Crippen molar-refractivity contribution in [3.05, 3.63) is 22.2 Å². The van der Waals surface area contributed by atoms with Gasteiger partial charge in [0.05, 0.1) is 17.7 Å². The fourth-order valence-corrected chi connectivity index (χ4v) is 2.58. The first kappa shape index (κ1) is 18.3. The van der Waals surface area contributed by atoms with Crippen LogP contribution in [0.2, 0.25) is 0 Å². The number of ether oxygens (including phenoxy) is 2. The minimum absolute atomic E-state index is 0.102. The first-order valence-corrected chi connectivity index (χ1v) is 8.22. The summed E-state index contributed by atoms with van der Waals surface area (Å²) in [5.41, 5.74) is 1.15. The second kappa shape index (κ2) is 10.0. The predicted molar refractivity (Wildman–Crippen MR) is 89.1 cm³/mol. The van der Waals surface area contributed by atoms with Crippen molar-refractivity contribution in [1.29, 1.82) is 0 Å². The average molecular weight is 360 g/mol. The van der Waals surface area contributed by atoms with Gasteiger partial charge in [0.25, 0.3) is 0 Å². The fraction of sp³-hybridized carbons (Fsp3) is 0.625. The van der Waals surface area contributed by atoms with E-state index in [9.17, 15) is 0 Å². The van der Waals surface area contributed by atoms with Gasteiger partial charge in [-0.3, -0.25) is 0 Å². The van der Waals surface area contributed by atoms with E-state index < -0.39 is 0 Å². The molecule has 4 nitrogen and oxygen atoms in total. The van der Waals surface area contributed by atoms with E-state index in [-0.39, 0.29) is 12.7 Å². The standard InChI is InChI=1S/C16H26BrNO3/c1-12(2)21-16-14(17)9-13(10-15(16)20-3)11-18-7-5-4-6-8-19/h9-10,12,18-19H,4-8,11H2,1-3H3. The van der Waals surface area contributed by atoms with Crippen LogP contribution in [0, 0.1) is 0 Å². The van der Waals surface area contributed by atoms with E-state index >= 15 is 0 Å². The number of unbranched alkanes of at least 4 members (excludes halogenated alkanes) is 2. The molecule has 1 rings (SSSR count). The minimum atomic E-state index is 0.102. The highest BCUT2D eigenvalue weighted by Gasteiger charge is 2.12. The molecule has 0 atom stereocenters. The number of hydrogen-bond donors (Lipinski definition) is 2. The highest BCUT2D eigenvalue weighted by atomic mass is 79.9. The Hall–Kier alpha value is -0.780. The first-order valence-electron chi connectivity index (χ1n) is 7.43. The lowest BCUT2D eigenvalue weighted by Crippen LogP contribution is -2.15. The fourth-order valence-electron chi connectivity index (χ4n) is 2.00. The Kier molecular flexibility index (Phi) is 8.73. The molecule has 120 valence electrons. The lowest BCUT2D eigenvalue weighted by atomic mass is 10.2. The smallest absolute Gasteiger partial charge is 0.175 e. The average Bonchev–Trinajstić information content (AvgIpc) is 2.44. The molecule has 5 heteroatoms. The molecule has 0 aromatic heterocycles. The third-order valence-corrected chi connectivity index (χ3v) is 3.57. The molecule has 0 heterocycles. The van der Waals surface area contributed by atoms with Gasteiger partial charge in [-0.2, -0.15) is 0 Å². The molecule has 0 fully saturated rings. The lowest BCUT2D eigenvalue weighted by Gasteiger charge is -2.16. The topological polar surface area (TPSA) is 50.7 Å². The van der Waals surface area contributed by atoms with Gasteiger partial charge in [-0.05, 0) is 73.3 Å². The van der Waals surface area contributed by atoms with Gasteiger partial charge in [0.1, 0.15) is 0 Å². The molecule has 1 aromatic rings. The molecule has 0 bridgehead atoms. The molecule has 0 saturated carbocycles. The second-order valence-electron chi connectivity index (χ2n) is 5.24. The van der Waals surface area contributed by atoms with Crippen LogP contribution in [0.5, 0.6) is 11.5 Å². The molecular formula is C16H26BrNO3. The summed E-state index contributed by atoms with van der Waals surface area (Å²) in [5.74, 6) is 1.49. The molecule has 0 radical (unpaired) electrons. The Balaban J connectivity index is 2.58. The Morgan fingerprint density at radius 2 is 2.00 bits per heavy atom. The van der Waals surface area contributed by atoms with Crippen molar-refractivity contribution in [1.82, 2.24) is 5.32 Å². The quantitative estimate of drug-likeness (QED) is 0.627. The second-order valence-corrected chi connectivity index (χ2v) is 6.09. The number of rotatable bonds is 10. The van der Waals surface area contributed by atoms with Gasteiger partial charge in [-0.1, -0.05) is 0 Å². The summed E-state index contributed by atoms with van der Waals surface area (Å²) in [6.45, 7) is 6.00. The normalized spacial score (nSPS) is 11.0. The minimum Gasteiger partial charge on any atom is -0.493 e. The zero-order valence-corrected chi connectivity index (χ0v) is 14.7. The van der Waals surface area contributed by atoms with Gasteiger partial charge in [-0.15, -0.1) is 0 Å². The predicted octanol–water partition coefficient (Wildman–Crippen LogP) is 3.50. The van der Waals surface area contributed by atoms with Crippen LogP contribution < -0.4 is 14.8 Å². The van der Waals surface area contributed by atoms with E-state index in [1.807, 2.05) is 19.9 Å². The summed E-state index contributed by atoms with van der Waals surface area (Å²) >= 11 is 3.55. The van der Waals surface area contributed by atoms with Gasteiger partial charge in [0.15, 0.2) is 11.5 Å². The van der Waals surface area contributed by atoms with Crippen molar-refractivity contribution >= 4 is 15.9 Å². The van der Waals surface area contributed by atoms with E-state index in [4.69, 9.17) is 14.6 Å². The van der Waals surface area contributed by atoms with E-state index in [0.29, 0.717) is 0 Å². The maximum atomic E-state index is 8.73. The molecular weight excluding hydrogens is 334 g/mol. The van der Waals surface area contributed by atoms with Gasteiger partial charge in [-0.25, -0.2) is 0 Å². The molecule has 1 aromatic carbocycles. The number of halogens is 1. The van der Waals surface area contributed by atoms with Crippen LogP contribution in [-0.2, 0) is 6.54 Å². The van der Waals surface area contributed by atoms with E-state index in [1.54, 1.807) is 7.11 Å². The summed E-state index contributed by atoms with van der Waals surface area (Å²) in [4.78, 5) is 0. The van der Waals surface area contributed by atoms with Crippen LogP contribution in [0.3, 0.4) is 0 Å². The molecule has 0 saturated heterocycles. The summed E-state index contributed by atoms with van der Waals surface area (Å²) in [6.07, 6.45) is 3.11. The van der Waals surface area contributed by atoms with Crippen LogP contribution in [0.15, 0.2) is 16.6 Å². The van der Waals surface area contributed by atoms with Crippen LogP contribution in [0.25, 0.3) is 0 Å². The van der Waals surface area contributed by atoms with E-state index in [1.165, 1.54) is 0 Å². The Morgan fingerprint density at radius 1 is 1.24 bits per heavy atom. The number of aliphatic hydroxyl groups is 1. The molecule has 21 heavy (non-hydrogen) atoms. The molecule has 0 unspecified atom stereocenters. The van der Waals surface area contributed by atoms with Gasteiger partial charge in [0, 0.05) is 13.2 Å². The highest BCUT2D eigenvalue weighted by molar-refractivity contribution is 9.10. The Bertz CT molecular complexity index is 424. The number of methoxy groups -OCH3 is 1. The molecule has 0 aliphatic heterocycles. The zero-order chi connectivity index (χ0) is 15.7. The van der Waals surface area contributed by atoms with Crippen molar-refractivity contribution in [2.75, 3.05) is 20.3 Å². The molecule has 0 aliphatic rings. The maximum Gasteiger partial charge on any atom is 0.175 e. The largest absolute Gasteiger partial charge is 0.493 e. The SMILES string of the molecule is COc1cc(CNCCCCCO)cc(Br)c1OC(C)C. The number of nitrogens with one attached hydrogen (secondary N) is 1.